The van der Waals surface area contributed by atoms with Crippen molar-refractivity contribution in [2.75, 3.05) is 32.1 Å². The fraction of sp³-hybridized carbons (Fsp3) is 0.263. The van der Waals surface area contributed by atoms with E-state index in [4.69, 9.17) is 16.3 Å². The molecule has 0 saturated carbocycles. The topological polar surface area (TPSA) is 96.0 Å². The Morgan fingerprint density at radius 1 is 1.17 bits per heavy atom. The van der Waals surface area contributed by atoms with Crippen molar-refractivity contribution in [2.45, 2.75) is 11.0 Å². The fourth-order valence-corrected chi connectivity index (χ4v) is 3.79. The molecule has 1 atom stereocenters. The monoisotopic (exact) mass is 437 g/mol. The Morgan fingerprint density at radius 2 is 1.79 bits per heavy atom. The van der Waals surface area contributed by atoms with E-state index in [1.165, 1.54) is 43.3 Å². The average Bonchev–Trinajstić information content (AvgIpc) is 3.07. The van der Waals surface area contributed by atoms with E-state index in [0.29, 0.717) is 22.8 Å². The number of amides is 2. The molecule has 3 rings (SSSR count). The van der Waals surface area contributed by atoms with E-state index in [1.807, 2.05) is 0 Å². The number of halogens is 1. The van der Waals surface area contributed by atoms with E-state index in [9.17, 15) is 18.0 Å². The molecule has 1 aliphatic heterocycles. The van der Waals surface area contributed by atoms with Crippen LogP contribution in [0.15, 0.2) is 53.4 Å². The minimum atomic E-state index is -3.56. The molecule has 1 saturated heterocycles. The second kappa shape index (κ2) is 8.40. The summed E-state index contributed by atoms with van der Waals surface area (Å²) in [7, 11) is -0.682. The maximum absolute atomic E-state index is 12.3. The molecule has 1 heterocycles. The first-order chi connectivity index (χ1) is 13.7. The summed E-state index contributed by atoms with van der Waals surface area (Å²) in [6.45, 7) is 0.424. The first kappa shape index (κ1) is 21.1. The van der Waals surface area contributed by atoms with Crippen molar-refractivity contribution in [1.29, 1.82) is 0 Å². The van der Waals surface area contributed by atoms with Crippen LogP contribution in [0.25, 0.3) is 0 Å². The predicted octanol–water partition coefficient (Wildman–Crippen LogP) is 2.35. The number of nitrogens with one attached hydrogen (secondary N) is 1. The van der Waals surface area contributed by atoms with Crippen molar-refractivity contribution < 1.29 is 22.7 Å². The highest BCUT2D eigenvalue weighted by atomic mass is 35.5. The molecule has 2 aromatic carbocycles. The number of hydrogen-bond donors (Lipinski definition) is 1. The summed E-state index contributed by atoms with van der Waals surface area (Å²) in [6.07, 6.45) is -1.000. The van der Waals surface area contributed by atoms with Crippen LogP contribution in [0, 0.1) is 0 Å². The van der Waals surface area contributed by atoms with Gasteiger partial charge in [-0.2, -0.15) is 0 Å². The summed E-state index contributed by atoms with van der Waals surface area (Å²) >= 11 is 5.86. The van der Waals surface area contributed by atoms with Crippen LogP contribution >= 0.6 is 11.6 Å². The van der Waals surface area contributed by atoms with Crippen LogP contribution in [0.2, 0.25) is 5.02 Å². The van der Waals surface area contributed by atoms with Gasteiger partial charge in [0.25, 0.3) is 5.91 Å². The normalized spacial score (nSPS) is 16.8. The molecule has 10 heteroatoms. The summed E-state index contributed by atoms with van der Waals surface area (Å²) < 4.78 is 30.5. The van der Waals surface area contributed by atoms with Gasteiger partial charge in [0.05, 0.1) is 18.0 Å². The standard InChI is InChI=1S/C19H20ClN3O5S/c1-22(2)29(26,27)17-9-3-13(4-10-17)18(24)21-11-16-12-23(19(25)28-16)15-7-5-14(20)6-8-15/h3-10,16H,11-12H2,1-2H3,(H,21,24)/t16-/m0/s1. The van der Waals surface area contributed by atoms with Gasteiger partial charge in [0.1, 0.15) is 6.10 Å². The number of hydrogen-bond acceptors (Lipinski definition) is 5. The van der Waals surface area contributed by atoms with E-state index in [0.717, 1.165) is 4.31 Å². The molecule has 0 aromatic heterocycles. The van der Waals surface area contributed by atoms with E-state index >= 15 is 0 Å². The highest BCUT2D eigenvalue weighted by Gasteiger charge is 2.32. The molecular weight excluding hydrogens is 418 g/mol. The number of cyclic esters (lactones) is 1. The molecule has 154 valence electrons. The fourth-order valence-electron chi connectivity index (χ4n) is 2.76. The smallest absolute Gasteiger partial charge is 0.414 e. The van der Waals surface area contributed by atoms with Gasteiger partial charge in [-0.15, -0.1) is 0 Å². The zero-order chi connectivity index (χ0) is 21.2. The molecular formula is C19H20ClN3O5S. The van der Waals surface area contributed by atoms with Crippen molar-refractivity contribution in [3.63, 3.8) is 0 Å². The number of carbonyl (C=O) groups excluding carboxylic acids is 2. The molecule has 0 aliphatic carbocycles. The van der Waals surface area contributed by atoms with Gasteiger partial charge >= 0.3 is 6.09 Å². The first-order valence-corrected chi connectivity index (χ1v) is 10.5. The quantitative estimate of drug-likeness (QED) is 0.748. The Kier molecular flexibility index (Phi) is 6.11. The van der Waals surface area contributed by atoms with E-state index < -0.39 is 22.2 Å². The van der Waals surface area contributed by atoms with Gasteiger partial charge in [0, 0.05) is 30.4 Å². The van der Waals surface area contributed by atoms with Crippen molar-refractivity contribution in [1.82, 2.24) is 9.62 Å². The molecule has 1 N–H and O–H groups in total. The van der Waals surface area contributed by atoms with Crippen molar-refractivity contribution in [3.05, 3.63) is 59.1 Å². The molecule has 0 radical (unpaired) electrons. The number of rotatable bonds is 6. The Hall–Kier alpha value is -2.62. The van der Waals surface area contributed by atoms with Gasteiger partial charge in [0.15, 0.2) is 0 Å². The van der Waals surface area contributed by atoms with Gasteiger partial charge < -0.3 is 10.1 Å². The highest BCUT2D eigenvalue weighted by molar-refractivity contribution is 7.89. The van der Waals surface area contributed by atoms with E-state index in [2.05, 4.69) is 5.32 Å². The van der Waals surface area contributed by atoms with Crippen LogP contribution < -0.4 is 10.2 Å². The lowest BCUT2D eigenvalue weighted by atomic mass is 10.2. The second-order valence-electron chi connectivity index (χ2n) is 6.61. The Morgan fingerprint density at radius 3 is 2.38 bits per heavy atom. The van der Waals surface area contributed by atoms with Crippen LogP contribution in [-0.2, 0) is 14.8 Å². The second-order valence-corrected chi connectivity index (χ2v) is 9.20. The number of carbonyl (C=O) groups is 2. The molecule has 1 aliphatic rings. The lowest BCUT2D eigenvalue weighted by Crippen LogP contribution is -2.34. The molecule has 29 heavy (non-hydrogen) atoms. The molecule has 2 amide bonds. The Labute approximate surface area is 174 Å². The van der Waals surface area contributed by atoms with Crippen LogP contribution in [0.1, 0.15) is 10.4 Å². The minimum absolute atomic E-state index is 0.0994. The third-order valence-corrected chi connectivity index (χ3v) is 6.48. The lowest BCUT2D eigenvalue weighted by Gasteiger charge is -2.13. The predicted molar refractivity (Wildman–Crippen MR) is 109 cm³/mol. The van der Waals surface area contributed by atoms with Crippen molar-refractivity contribution >= 4 is 39.3 Å². The van der Waals surface area contributed by atoms with Crippen molar-refractivity contribution in [3.8, 4) is 0 Å². The van der Waals surface area contributed by atoms with Crippen LogP contribution in [0.4, 0.5) is 10.5 Å². The first-order valence-electron chi connectivity index (χ1n) is 8.73. The Bertz CT molecular complexity index is 1010. The summed E-state index contributed by atoms with van der Waals surface area (Å²) in [5, 5.41) is 3.26. The molecule has 0 bridgehead atoms. The third kappa shape index (κ3) is 4.69. The van der Waals surface area contributed by atoms with Gasteiger partial charge in [0.2, 0.25) is 10.0 Å². The minimum Gasteiger partial charge on any atom is -0.442 e. The summed E-state index contributed by atoms with van der Waals surface area (Å²) in [5.74, 6) is -0.389. The summed E-state index contributed by atoms with van der Waals surface area (Å²) in [4.78, 5) is 26.0. The molecule has 0 unspecified atom stereocenters. The van der Waals surface area contributed by atoms with Gasteiger partial charge in [-0.05, 0) is 48.5 Å². The average molecular weight is 438 g/mol. The Balaban J connectivity index is 1.58. The molecule has 8 nitrogen and oxygen atoms in total. The third-order valence-electron chi connectivity index (χ3n) is 4.40. The van der Waals surface area contributed by atoms with Crippen LogP contribution in [-0.4, -0.2) is 58.0 Å². The number of ether oxygens (including phenoxy) is 1. The number of benzene rings is 2. The van der Waals surface area contributed by atoms with Crippen molar-refractivity contribution in [2.24, 2.45) is 0 Å². The highest BCUT2D eigenvalue weighted by Crippen LogP contribution is 2.23. The number of sulfonamides is 1. The largest absolute Gasteiger partial charge is 0.442 e. The maximum Gasteiger partial charge on any atom is 0.414 e. The molecule has 0 spiro atoms. The number of anilines is 1. The maximum atomic E-state index is 12.3. The van der Waals surface area contributed by atoms with Gasteiger partial charge in [-0.1, -0.05) is 11.6 Å². The zero-order valence-electron chi connectivity index (χ0n) is 15.8. The van der Waals surface area contributed by atoms with E-state index in [-0.39, 0.29) is 17.3 Å². The van der Waals surface area contributed by atoms with E-state index in [1.54, 1.807) is 24.3 Å². The van der Waals surface area contributed by atoms with Crippen LogP contribution in [0.5, 0.6) is 0 Å². The van der Waals surface area contributed by atoms with Crippen LogP contribution in [0.3, 0.4) is 0 Å². The lowest BCUT2D eigenvalue weighted by molar-refractivity contribution is 0.0916. The van der Waals surface area contributed by atoms with Gasteiger partial charge in [-0.3, -0.25) is 9.69 Å². The zero-order valence-corrected chi connectivity index (χ0v) is 17.4. The SMILES string of the molecule is CN(C)S(=O)(=O)c1ccc(C(=O)NC[C@H]2CN(c3ccc(Cl)cc3)C(=O)O2)cc1. The molecule has 2 aromatic rings. The number of nitrogens with zero attached hydrogens (tertiary/aromatic N) is 2. The summed E-state index contributed by atoms with van der Waals surface area (Å²) in [6, 6.07) is 12.4. The van der Waals surface area contributed by atoms with Gasteiger partial charge in [-0.25, -0.2) is 17.5 Å². The molecule has 1 fully saturated rings. The summed E-state index contributed by atoms with van der Waals surface area (Å²) in [5.41, 5.74) is 0.965.